The highest BCUT2D eigenvalue weighted by Crippen LogP contribution is 2.22. The van der Waals surface area contributed by atoms with Crippen molar-refractivity contribution in [2.75, 3.05) is 18.1 Å². The standard InChI is InChI=1S/C23H40O10S2/c1-19(23(25)32-21-14-8-5-9-15-21)33-35(28,29)17-11-3-2-10-16-34(26,27)30-18-22(24)31-20-12-6-4-7-13-20/h19-21H,2-18H2,1H3. The van der Waals surface area contributed by atoms with Gasteiger partial charge in [0.2, 0.25) is 0 Å². The minimum absolute atomic E-state index is 0.159. The fraction of sp³-hybridized carbons (Fsp3) is 0.913. The molecule has 204 valence electrons. The number of ether oxygens (including phenoxy) is 2. The van der Waals surface area contributed by atoms with Gasteiger partial charge in [0.25, 0.3) is 20.2 Å². The van der Waals surface area contributed by atoms with Crippen molar-refractivity contribution in [2.45, 2.75) is 115 Å². The highest BCUT2D eigenvalue weighted by Gasteiger charge is 2.26. The molecule has 0 aromatic rings. The number of carbonyl (C=O) groups is 2. The van der Waals surface area contributed by atoms with Gasteiger partial charge in [-0.15, -0.1) is 0 Å². The van der Waals surface area contributed by atoms with E-state index in [1.807, 2.05) is 0 Å². The van der Waals surface area contributed by atoms with Crippen molar-refractivity contribution in [3.05, 3.63) is 0 Å². The minimum atomic E-state index is -3.91. The van der Waals surface area contributed by atoms with Gasteiger partial charge in [0, 0.05) is 0 Å². The number of unbranched alkanes of at least 4 members (excludes halogenated alkanes) is 3. The van der Waals surface area contributed by atoms with Crippen LogP contribution in [0.2, 0.25) is 0 Å². The Hall–Kier alpha value is -1.24. The molecule has 2 aliphatic rings. The van der Waals surface area contributed by atoms with Crippen LogP contribution in [-0.4, -0.2) is 65.2 Å². The Labute approximate surface area is 209 Å². The zero-order valence-corrected chi connectivity index (χ0v) is 22.3. The van der Waals surface area contributed by atoms with Gasteiger partial charge in [-0.3, -0.25) is 8.37 Å². The van der Waals surface area contributed by atoms with E-state index >= 15 is 0 Å². The number of hydrogen-bond acceptors (Lipinski definition) is 10. The van der Waals surface area contributed by atoms with E-state index in [9.17, 15) is 26.4 Å². The molecule has 2 fully saturated rings. The second-order valence-electron chi connectivity index (χ2n) is 9.39. The molecule has 1 atom stereocenters. The van der Waals surface area contributed by atoms with Gasteiger partial charge in [0.15, 0.2) is 12.7 Å². The average Bonchev–Trinajstić information content (AvgIpc) is 2.81. The van der Waals surface area contributed by atoms with E-state index in [1.54, 1.807) is 0 Å². The zero-order chi connectivity index (χ0) is 25.7. The summed E-state index contributed by atoms with van der Waals surface area (Å²) in [5.74, 6) is -1.89. The molecular weight excluding hydrogens is 500 g/mol. The van der Waals surface area contributed by atoms with Gasteiger partial charge in [-0.25, -0.2) is 9.59 Å². The summed E-state index contributed by atoms with van der Waals surface area (Å²) in [6.45, 7) is 0.730. The van der Waals surface area contributed by atoms with Crippen molar-refractivity contribution >= 4 is 32.2 Å². The monoisotopic (exact) mass is 540 g/mol. The Kier molecular flexibility index (Phi) is 12.9. The van der Waals surface area contributed by atoms with Crippen LogP contribution in [0.25, 0.3) is 0 Å². The van der Waals surface area contributed by atoms with Gasteiger partial charge in [-0.1, -0.05) is 25.7 Å². The summed E-state index contributed by atoms with van der Waals surface area (Å²) in [6, 6.07) is 0. The van der Waals surface area contributed by atoms with Crippen LogP contribution in [0.4, 0.5) is 0 Å². The summed E-state index contributed by atoms with van der Waals surface area (Å²) in [5, 5.41) is 0. The van der Waals surface area contributed by atoms with Crippen LogP contribution in [0.3, 0.4) is 0 Å². The molecular formula is C23H40O10S2. The van der Waals surface area contributed by atoms with E-state index in [-0.39, 0.29) is 36.6 Å². The highest BCUT2D eigenvalue weighted by atomic mass is 32.2. The summed E-state index contributed by atoms with van der Waals surface area (Å²) in [7, 11) is -7.77. The van der Waals surface area contributed by atoms with Gasteiger partial charge < -0.3 is 9.47 Å². The first-order chi connectivity index (χ1) is 16.6. The van der Waals surface area contributed by atoms with E-state index in [2.05, 4.69) is 0 Å². The predicted octanol–water partition coefficient (Wildman–Crippen LogP) is 3.38. The largest absolute Gasteiger partial charge is 0.461 e. The Morgan fingerprint density at radius 2 is 1.20 bits per heavy atom. The number of carbonyl (C=O) groups excluding carboxylic acids is 2. The van der Waals surface area contributed by atoms with Crippen LogP contribution in [0.1, 0.15) is 96.8 Å². The molecule has 10 nitrogen and oxygen atoms in total. The van der Waals surface area contributed by atoms with Crippen LogP contribution in [0.5, 0.6) is 0 Å². The Balaban J connectivity index is 1.55. The van der Waals surface area contributed by atoms with Gasteiger partial charge >= 0.3 is 11.9 Å². The van der Waals surface area contributed by atoms with Crippen molar-refractivity contribution in [3.8, 4) is 0 Å². The topological polar surface area (TPSA) is 139 Å². The van der Waals surface area contributed by atoms with Crippen molar-refractivity contribution < 1.29 is 44.3 Å². The molecule has 0 N–H and O–H groups in total. The average molecular weight is 541 g/mol. The maximum atomic E-state index is 12.1. The lowest BCUT2D eigenvalue weighted by molar-refractivity contribution is -0.158. The summed E-state index contributed by atoms with van der Waals surface area (Å²) in [5.41, 5.74) is 0. The molecule has 0 saturated heterocycles. The van der Waals surface area contributed by atoms with E-state index in [0.717, 1.165) is 64.2 Å². The molecule has 2 aliphatic carbocycles. The first-order valence-electron chi connectivity index (χ1n) is 12.7. The maximum absolute atomic E-state index is 12.1. The predicted molar refractivity (Wildman–Crippen MR) is 128 cm³/mol. The number of rotatable bonds is 15. The van der Waals surface area contributed by atoms with Crippen LogP contribution in [0.15, 0.2) is 0 Å². The summed E-state index contributed by atoms with van der Waals surface area (Å²) in [6.07, 6.45) is 9.30. The van der Waals surface area contributed by atoms with Gasteiger partial charge in [-0.2, -0.15) is 16.8 Å². The molecule has 0 spiro atoms. The van der Waals surface area contributed by atoms with Crippen molar-refractivity contribution in [2.24, 2.45) is 0 Å². The molecule has 35 heavy (non-hydrogen) atoms. The smallest absolute Gasteiger partial charge is 0.336 e. The second-order valence-corrected chi connectivity index (χ2v) is 12.9. The van der Waals surface area contributed by atoms with Crippen molar-refractivity contribution in [1.29, 1.82) is 0 Å². The van der Waals surface area contributed by atoms with E-state index in [4.69, 9.17) is 17.8 Å². The second kappa shape index (κ2) is 15.1. The molecule has 12 heteroatoms. The Bertz CT molecular complexity index is 857. The van der Waals surface area contributed by atoms with E-state index in [0.29, 0.717) is 12.8 Å². The first kappa shape index (κ1) is 30.0. The van der Waals surface area contributed by atoms with Crippen LogP contribution >= 0.6 is 0 Å². The molecule has 2 saturated carbocycles. The van der Waals surface area contributed by atoms with Gasteiger partial charge in [0.05, 0.1) is 11.5 Å². The fourth-order valence-electron chi connectivity index (χ4n) is 4.26. The third kappa shape index (κ3) is 13.0. The molecule has 0 amide bonds. The van der Waals surface area contributed by atoms with Gasteiger partial charge in [0.1, 0.15) is 12.2 Å². The Morgan fingerprint density at radius 3 is 1.74 bits per heavy atom. The highest BCUT2D eigenvalue weighted by molar-refractivity contribution is 7.87. The summed E-state index contributed by atoms with van der Waals surface area (Å²) in [4.78, 5) is 23.9. The van der Waals surface area contributed by atoms with Gasteiger partial charge in [-0.05, 0) is 71.1 Å². The van der Waals surface area contributed by atoms with Crippen molar-refractivity contribution in [3.63, 3.8) is 0 Å². The molecule has 0 radical (unpaired) electrons. The third-order valence-corrected chi connectivity index (χ3v) is 8.84. The molecule has 1 unspecified atom stereocenters. The number of esters is 2. The van der Waals surface area contributed by atoms with Crippen molar-refractivity contribution in [1.82, 2.24) is 0 Å². The normalized spacial score (nSPS) is 19.2. The van der Waals surface area contributed by atoms with E-state index in [1.165, 1.54) is 6.92 Å². The lowest BCUT2D eigenvalue weighted by atomic mass is 9.98. The minimum Gasteiger partial charge on any atom is -0.461 e. The quantitative estimate of drug-likeness (QED) is 0.172. The number of hydrogen-bond donors (Lipinski definition) is 0. The molecule has 0 bridgehead atoms. The Morgan fingerprint density at radius 1 is 0.714 bits per heavy atom. The third-order valence-electron chi connectivity index (χ3n) is 6.20. The van der Waals surface area contributed by atoms with Crippen LogP contribution < -0.4 is 0 Å². The van der Waals surface area contributed by atoms with Crippen LogP contribution in [-0.2, 0) is 47.7 Å². The first-order valence-corrected chi connectivity index (χ1v) is 15.9. The SMILES string of the molecule is CC(OS(=O)(=O)CCCCCCS(=O)(=O)OCC(=O)OC1CCCCC1)C(=O)OC1CCCCC1. The van der Waals surface area contributed by atoms with E-state index < -0.39 is 44.9 Å². The molecule has 0 aliphatic heterocycles. The molecule has 0 heterocycles. The lowest BCUT2D eigenvalue weighted by Gasteiger charge is -2.23. The van der Waals surface area contributed by atoms with Crippen LogP contribution in [0, 0.1) is 0 Å². The molecule has 0 aromatic carbocycles. The lowest BCUT2D eigenvalue weighted by Crippen LogP contribution is -2.31. The maximum Gasteiger partial charge on any atom is 0.336 e. The molecule has 0 aromatic heterocycles. The molecule has 2 rings (SSSR count). The fourth-order valence-corrected chi connectivity index (χ4v) is 6.38. The summed E-state index contributed by atoms with van der Waals surface area (Å²) < 4.78 is 68.4. The summed E-state index contributed by atoms with van der Waals surface area (Å²) >= 11 is 0. The zero-order valence-electron chi connectivity index (χ0n) is 20.7.